The van der Waals surface area contributed by atoms with Gasteiger partial charge < -0.3 is 5.32 Å². The van der Waals surface area contributed by atoms with Gasteiger partial charge in [0.25, 0.3) is 0 Å². The maximum atomic E-state index is 3.71. The van der Waals surface area contributed by atoms with Crippen LogP contribution < -0.4 is 5.32 Å². The van der Waals surface area contributed by atoms with Crippen molar-refractivity contribution in [3.8, 4) is 0 Å². The van der Waals surface area contributed by atoms with E-state index in [1.54, 1.807) is 0 Å². The molecule has 12 heavy (non-hydrogen) atoms. The Labute approximate surface area is 76.9 Å². The van der Waals surface area contributed by atoms with E-state index >= 15 is 0 Å². The first-order valence-corrected chi connectivity index (χ1v) is 5.41. The van der Waals surface area contributed by atoms with Crippen molar-refractivity contribution in [2.24, 2.45) is 11.8 Å². The van der Waals surface area contributed by atoms with Crippen LogP contribution in [0.5, 0.6) is 0 Å². The van der Waals surface area contributed by atoms with Crippen molar-refractivity contribution in [3.05, 3.63) is 0 Å². The third kappa shape index (κ3) is 2.22. The molecule has 0 spiro atoms. The molecule has 0 radical (unpaired) electrons. The summed E-state index contributed by atoms with van der Waals surface area (Å²) in [6.45, 7) is 9.30. The van der Waals surface area contributed by atoms with E-state index in [1.165, 1.54) is 19.3 Å². The average molecular weight is 169 g/mol. The molecular weight excluding hydrogens is 146 g/mol. The standard InChI is InChI=1S/C11H23N/c1-5-9(3)12-11-7-6-8(2)10(11)4/h8-12H,5-7H2,1-4H3. The van der Waals surface area contributed by atoms with Crippen molar-refractivity contribution in [2.45, 2.75) is 59.0 Å². The zero-order valence-corrected chi connectivity index (χ0v) is 8.93. The van der Waals surface area contributed by atoms with Gasteiger partial charge in [-0.25, -0.2) is 0 Å². The van der Waals surface area contributed by atoms with Crippen LogP contribution >= 0.6 is 0 Å². The van der Waals surface area contributed by atoms with Crippen LogP contribution in [-0.2, 0) is 0 Å². The molecule has 1 N–H and O–H groups in total. The fraction of sp³-hybridized carbons (Fsp3) is 1.00. The molecule has 1 fully saturated rings. The minimum atomic E-state index is 0.697. The summed E-state index contributed by atoms with van der Waals surface area (Å²) < 4.78 is 0. The second-order valence-corrected chi connectivity index (χ2v) is 4.50. The van der Waals surface area contributed by atoms with Crippen LogP contribution in [0, 0.1) is 11.8 Å². The molecule has 0 amide bonds. The van der Waals surface area contributed by atoms with Gasteiger partial charge in [-0.2, -0.15) is 0 Å². The molecular formula is C11H23N. The number of hydrogen-bond donors (Lipinski definition) is 1. The summed E-state index contributed by atoms with van der Waals surface area (Å²) in [7, 11) is 0. The zero-order valence-electron chi connectivity index (χ0n) is 8.93. The molecule has 1 saturated carbocycles. The number of rotatable bonds is 3. The lowest BCUT2D eigenvalue weighted by Gasteiger charge is -2.23. The fourth-order valence-corrected chi connectivity index (χ4v) is 2.08. The Kier molecular flexibility index (Phi) is 3.57. The van der Waals surface area contributed by atoms with Gasteiger partial charge in [0.2, 0.25) is 0 Å². The van der Waals surface area contributed by atoms with E-state index in [0.29, 0.717) is 6.04 Å². The SMILES string of the molecule is CCC(C)NC1CCC(C)C1C. The summed E-state index contributed by atoms with van der Waals surface area (Å²) in [5, 5.41) is 3.71. The summed E-state index contributed by atoms with van der Waals surface area (Å²) in [6.07, 6.45) is 4.04. The van der Waals surface area contributed by atoms with E-state index in [2.05, 4.69) is 33.0 Å². The van der Waals surface area contributed by atoms with Crippen LogP contribution in [0.15, 0.2) is 0 Å². The lowest BCUT2D eigenvalue weighted by atomic mass is 9.97. The van der Waals surface area contributed by atoms with E-state index in [9.17, 15) is 0 Å². The topological polar surface area (TPSA) is 12.0 Å². The second kappa shape index (κ2) is 4.27. The summed E-state index contributed by atoms with van der Waals surface area (Å²) in [5.74, 6) is 1.80. The van der Waals surface area contributed by atoms with Gasteiger partial charge in [-0.1, -0.05) is 20.8 Å². The van der Waals surface area contributed by atoms with Crippen molar-refractivity contribution in [1.82, 2.24) is 5.32 Å². The monoisotopic (exact) mass is 169 g/mol. The molecule has 1 aliphatic carbocycles. The Morgan fingerprint density at radius 2 is 2.00 bits per heavy atom. The molecule has 4 atom stereocenters. The maximum absolute atomic E-state index is 3.71. The van der Waals surface area contributed by atoms with E-state index in [-0.39, 0.29) is 0 Å². The molecule has 0 aromatic rings. The van der Waals surface area contributed by atoms with Gasteiger partial charge in [-0.3, -0.25) is 0 Å². The number of nitrogens with one attached hydrogen (secondary N) is 1. The Morgan fingerprint density at radius 1 is 1.33 bits per heavy atom. The van der Waals surface area contributed by atoms with Crippen molar-refractivity contribution >= 4 is 0 Å². The fourth-order valence-electron chi connectivity index (χ4n) is 2.08. The summed E-state index contributed by atoms with van der Waals surface area (Å²) >= 11 is 0. The van der Waals surface area contributed by atoms with Gasteiger partial charge >= 0.3 is 0 Å². The molecule has 1 aliphatic rings. The van der Waals surface area contributed by atoms with E-state index in [1.807, 2.05) is 0 Å². The largest absolute Gasteiger partial charge is 0.311 e. The highest BCUT2D eigenvalue weighted by Gasteiger charge is 2.29. The highest BCUT2D eigenvalue weighted by molar-refractivity contribution is 4.85. The maximum Gasteiger partial charge on any atom is 0.00978 e. The van der Waals surface area contributed by atoms with Gasteiger partial charge in [0, 0.05) is 12.1 Å². The molecule has 1 rings (SSSR count). The van der Waals surface area contributed by atoms with Crippen molar-refractivity contribution < 1.29 is 0 Å². The molecule has 1 nitrogen and oxygen atoms in total. The summed E-state index contributed by atoms with van der Waals surface area (Å²) in [4.78, 5) is 0. The minimum Gasteiger partial charge on any atom is -0.311 e. The molecule has 72 valence electrons. The Balaban J connectivity index is 2.33. The molecule has 0 aromatic carbocycles. The lowest BCUT2D eigenvalue weighted by molar-refractivity contribution is 0.341. The highest BCUT2D eigenvalue weighted by Crippen LogP contribution is 2.31. The zero-order chi connectivity index (χ0) is 9.14. The van der Waals surface area contributed by atoms with Crippen molar-refractivity contribution in [3.63, 3.8) is 0 Å². The Hall–Kier alpha value is -0.0400. The van der Waals surface area contributed by atoms with Gasteiger partial charge in [0.1, 0.15) is 0 Å². The first kappa shape index (κ1) is 10.0. The quantitative estimate of drug-likeness (QED) is 0.685. The smallest absolute Gasteiger partial charge is 0.00978 e. The summed E-state index contributed by atoms with van der Waals surface area (Å²) in [5.41, 5.74) is 0. The van der Waals surface area contributed by atoms with Gasteiger partial charge in [0.05, 0.1) is 0 Å². The number of hydrogen-bond acceptors (Lipinski definition) is 1. The van der Waals surface area contributed by atoms with Gasteiger partial charge in [0.15, 0.2) is 0 Å². The molecule has 0 aromatic heterocycles. The molecule has 0 aliphatic heterocycles. The Morgan fingerprint density at radius 3 is 2.42 bits per heavy atom. The van der Waals surface area contributed by atoms with Crippen LogP contribution in [0.4, 0.5) is 0 Å². The summed E-state index contributed by atoms with van der Waals surface area (Å²) in [6, 6.07) is 1.48. The molecule has 0 saturated heterocycles. The Bertz CT molecular complexity index is 133. The average Bonchev–Trinajstić information content (AvgIpc) is 2.36. The van der Waals surface area contributed by atoms with E-state index in [4.69, 9.17) is 0 Å². The third-order valence-electron chi connectivity index (χ3n) is 3.58. The van der Waals surface area contributed by atoms with Crippen molar-refractivity contribution in [1.29, 1.82) is 0 Å². The minimum absolute atomic E-state index is 0.697. The van der Waals surface area contributed by atoms with Crippen molar-refractivity contribution in [2.75, 3.05) is 0 Å². The lowest BCUT2D eigenvalue weighted by Crippen LogP contribution is -2.38. The first-order valence-electron chi connectivity index (χ1n) is 5.41. The van der Waals surface area contributed by atoms with Crippen LogP contribution in [-0.4, -0.2) is 12.1 Å². The van der Waals surface area contributed by atoms with Gasteiger partial charge in [-0.05, 0) is 38.0 Å². The molecule has 4 unspecified atom stereocenters. The second-order valence-electron chi connectivity index (χ2n) is 4.50. The predicted octanol–water partition coefficient (Wildman–Crippen LogP) is 2.81. The normalized spacial score (nSPS) is 38.5. The van der Waals surface area contributed by atoms with Crippen LogP contribution in [0.1, 0.15) is 47.0 Å². The molecule has 0 bridgehead atoms. The van der Waals surface area contributed by atoms with E-state index in [0.717, 1.165) is 17.9 Å². The first-order chi connectivity index (χ1) is 5.65. The predicted molar refractivity (Wildman–Crippen MR) is 54.2 cm³/mol. The third-order valence-corrected chi connectivity index (χ3v) is 3.58. The molecule has 1 heteroatoms. The van der Waals surface area contributed by atoms with Crippen LogP contribution in [0.3, 0.4) is 0 Å². The van der Waals surface area contributed by atoms with Crippen LogP contribution in [0.25, 0.3) is 0 Å². The van der Waals surface area contributed by atoms with E-state index < -0.39 is 0 Å². The van der Waals surface area contributed by atoms with Gasteiger partial charge in [-0.15, -0.1) is 0 Å². The van der Waals surface area contributed by atoms with Crippen LogP contribution in [0.2, 0.25) is 0 Å². The molecule has 0 heterocycles. The highest BCUT2D eigenvalue weighted by atomic mass is 15.0.